The van der Waals surface area contributed by atoms with Crippen LogP contribution in [0.25, 0.3) is 11.3 Å². The van der Waals surface area contributed by atoms with E-state index >= 15 is 0 Å². The Morgan fingerprint density at radius 3 is 2.51 bits per heavy atom. The SMILES string of the molecule is CCC(CC)COC(=O)[C@H](C)N[P@](=O)(OCCOCn1cncc1-c1cnc(OC)nc1OC)Oc1ccccc1. The summed E-state index contributed by atoms with van der Waals surface area (Å²) in [6.45, 7) is 5.99. The molecular formula is C27H38N5O8P. The van der Waals surface area contributed by atoms with Gasteiger partial charge in [0.1, 0.15) is 18.5 Å². The van der Waals surface area contributed by atoms with Crippen LogP contribution in [0.15, 0.2) is 49.1 Å². The molecular weight excluding hydrogens is 553 g/mol. The number of hydrogen-bond acceptors (Lipinski definition) is 11. The summed E-state index contributed by atoms with van der Waals surface area (Å²) in [5.74, 6) is 0.362. The minimum absolute atomic E-state index is 0.0607. The number of aromatic nitrogens is 4. The van der Waals surface area contributed by atoms with E-state index in [1.165, 1.54) is 14.2 Å². The summed E-state index contributed by atoms with van der Waals surface area (Å²) in [5.41, 5.74) is 1.26. The Hall–Kier alpha value is -3.51. The molecule has 0 unspecified atom stereocenters. The summed E-state index contributed by atoms with van der Waals surface area (Å²) in [6, 6.07) is 7.80. The predicted molar refractivity (Wildman–Crippen MR) is 151 cm³/mol. The van der Waals surface area contributed by atoms with Crippen molar-refractivity contribution >= 4 is 13.7 Å². The molecule has 1 N–H and O–H groups in total. The Labute approximate surface area is 240 Å². The van der Waals surface area contributed by atoms with Gasteiger partial charge in [0, 0.05) is 6.20 Å². The van der Waals surface area contributed by atoms with Crippen molar-refractivity contribution in [2.24, 2.45) is 5.92 Å². The van der Waals surface area contributed by atoms with Crippen molar-refractivity contribution in [2.75, 3.05) is 34.0 Å². The van der Waals surface area contributed by atoms with E-state index in [2.05, 4.69) is 20.0 Å². The van der Waals surface area contributed by atoms with Gasteiger partial charge in [-0.25, -0.2) is 14.5 Å². The van der Waals surface area contributed by atoms with Crippen LogP contribution >= 0.6 is 7.75 Å². The van der Waals surface area contributed by atoms with Crippen LogP contribution in [0.4, 0.5) is 0 Å². The van der Waals surface area contributed by atoms with E-state index in [1.54, 1.807) is 60.5 Å². The van der Waals surface area contributed by atoms with Crippen molar-refractivity contribution in [3.63, 3.8) is 0 Å². The number of para-hydroxylation sites is 1. The third kappa shape index (κ3) is 9.53. The van der Waals surface area contributed by atoms with Gasteiger partial charge in [0.15, 0.2) is 0 Å². The second-order valence-corrected chi connectivity index (χ2v) is 10.7. The molecule has 0 radical (unpaired) electrons. The van der Waals surface area contributed by atoms with Gasteiger partial charge in [0.25, 0.3) is 0 Å². The normalized spacial score (nSPS) is 13.4. The maximum absolute atomic E-state index is 13.6. The Bertz CT molecular complexity index is 1270. The van der Waals surface area contributed by atoms with Crippen LogP contribution in [0.3, 0.4) is 0 Å². The zero-order chi connectivity index (χ0) is 29.7. The Morgan fingerprint density at radius 1 is 1.07 bits per heavy atom. The summed E-state index contributed by atoms with van der Waals surface area (Å²) in [5, 5.41) is 2.69. The summed E-state index contributed by atoms with van der Waals surface area (Å²) < 4.78 is 48.2. The Balaban J connectivity index is 1.59. The largest absolute Gasteiger partial charge is 0.480 e. The number of hydrogen-bond donors (Lipinski definition) is 1. The molecule has 3 rings (SSSR count). The van der Waals surface area contributed by atoms with E-state index in [0.29, 0.717) is 29.5 Å². The van der Waals surface area contributed by atoms with E-state index in [0.717, 1.165) is 12.8 Å². The average molecular weight is 592 g/mol. The molecule has 0 saturated heterocycles. The van der Waals surface area contributed by atoms with E-state index in [1.807, 2.05) is 13.8 Å². The van der Waals surface area contributed by atoms with E-state index in [9.17, 15) is 9.36 Å². The molecule has 2 atom stereocenters. The molecule has 41 heavy (non-hydrogen) atoms. The minimum atomic E-state index is -3.98. The number of esters is 1. The lowest BCUT2D eigenvalue weighted by atomic mass is 10.1. The molecule has 0 saturated carbocycles. The van der Waals surface area contributed by atoms with Crippen molar-refractivity contribution in [1.29, 1.82) is 0 Å². The summed E-state index contributed by atoms with van der Waals surface area (Å²) in [4.78, 5) is 25.1. The number of carbonyl (C=O) groups excluding carboxylic acids is 1. The Kier molecular flexibility index (Phi) is 12.5. The molecule has 2 aromatic heterocycles. The lowest BCUT2D eigenvalue weighted by molar-refractivity contribution is -0.146. The highest BCUT2D eigenvalue weighted by atomic mass is 31.2. The number of imidazole rings is 1. The van der Waals surface area contributed by atoms with Gasteiger partial charge in [-0.15, -0.1) is 0 Å². The zero-order valence-electron chi connectivity index (χ0n) is 24.0. The highest BCUT2D eigenvalue weighted by Crippen LogP contribution is 2.44. The maximum Gasteiger partial charge on any atom is 0.459 e. The molecule has 224 valence electrons. The van der Waals surface area contributed by atoms with Gasteiger partial charge in [0.2, 0.25) is 5.88 Å². The first-order valence-corrected chi connectivity index (χ1v) is 14.8. The molecule has 0 aliphatic carbocycles. The van der Waals surface area contributed by atoms with E-state index in [4.69, 9.17) is 28.0 Å². The molecule has 0 aliphatic heterocycles. The van der Waals surface area contributed by atoms with Crippen molar-refractivity contribution < 1.29 is 37.4 Å². The second kappa shape index (κ2) is 16.1. The number of nitrogens with zero attached hydrogens (tertiary/aromatic N) is 4. The topological polar surface area (TPSA) is 145 Å². The third-order valence-corrected chi connectivity index (χ3v) is 7.78. The van der Waals surface area contributed by atoms with Crippen LogP contribution in [0.5, 0.6) is 17.6 Å². The van der Waals surface area contributed by atoms with Crippen molar-refractivity contribution in [2.45, 2.75) is 46.4 Å². The van der Waals surface area contributed by atoms with Crippen LogP contribution in [-0.2, 0) is 30.1 Å². The average Bonchev–Trinajstić information content (AvgIpc) is 3.45. The molecule has 0 fully saturated rings. The monoisotopic (exact) mass is 591 g/mol. The number of benzene rings is 1. The third-order valence-electron chi connectivity index (χ3n) is 6.11. The molecule has 3 aromatic rings. The standard InChI is InChI=1S/C27H38N5O8P/c1-6-21(7-2)17-38-26(33)20(3)31-41(34,40-22-11-9-8-10-12-22)39-14-13-37-19-32-18-28-16-24(32)23-15-29-27(36-5)30-25(23)35-4/h8-12,15-16,18,20-21H,6-7,13-14,17,19H2,1-5H3,(H,31,34)/t20-,41-/m0/s1. The molecule has 0 amide bonds. The second-order valence-electron chi connectivity index (χ2n) is 8.96. The van der Waals surface area contributed by atoms with Gasteiger partial charge in [-0.3, -0.25) is 9.32 Å². The highest BCUT2D eigenvalue weighted by Gasteiger charge is 2.32. The van der Waals surface area contributed by atoms with E-state index < -0.39 is 19.8 Å². The number of methoxy groups -OCH3 is 2. The fraction of sp³-hybridized carbons (Fsp3) is 0.481. The van der Waals surface area contributed by atoms with Gasteiger partial charge >= 0.3 is 19.7 Å². The summed E-state index contributed by atoms with van der Waals surface area (Å²) >= 11 is 0. The van der Waals surface area contributed by atoms with Gasteiger partial charge in [-0.2, -0.15) is 10.1 Å². The first kappa shape index (κ1) is 32.0. The predicted octanol–water partition coefficient (Wildman–Crippen LogP) is 4.49. The summed E-state index contributed by atoms with van der Waals surface area (Å²) in [6.07, 6.45) is 6.57. The molecule has 0 bridgehead atoms. The fourth-order valence-electron chi connectivity index (χ4n) is 3.66. The maximum atomic E-state index is 13.6. The van der Waals surface area contributed by atoms with Crippen LogP contribution < -0.4 is 19.1 Å². The molecule has 14 heteroatoms. The van der Waals surface area contributed by atoms with Crippen LogP contribution in [0, 0.1) is 5.92 Å². The number of ether oxygens (including phenoxy) is 4. The van der Waals surface area contributed by atoms with E-state index in [-0.39, 0.29) is 31.9 Å². The summed E-state index contributed by atoms with van der Waals surface area (Å²) in [7, 11) is -1.02. The minimum Gasteiger partial charge on any atom is -0.480 e. The number of carbonyl (C=O) groups is 1. The Morgan fingerprint density at radius 2 is 1.83 bits per heavy atom. The molecule has 1 aromatic carbocycles. The van der Waals surface area contributed by atoms with Gasteiger partial charge in [-0.05, 0) is 25.0 Å². The number of rotatable bonds is 18. The first-order chi connectivity index (χ1) is 19.8. The smallest absolute Gasteiger partial charge is 0.459 e. The van der Waals surface area contributed by atoms with Gasteiger partial charge in [-0.1, -0.05) is 44.9 Å². The number of nitrogens with one attached hydrogen (secondary N) is 1. The van der Waals surface area contributed by atoms with Crippen molar-refractivity contribution in [3.8, 4) is 28.9 Å². The molecule has 13 nitrogen and oxygen atoms in total. The van der Waals surface area contributed by atoms with Crippen molar-refractivity contribution in [3.05, 3.63) is 49.1 Å². The van der Waals surface area contributed by atoms with Crippen LogP contribution in [0.1, 0.15) is 33.6 Å². The lowest BCUT2D eigenvalue weighted by Crippen LogP contribution is -2.36. The first-order valence-electron chi connectivity index (χ1n) is 13.3. The zero-order valence-corrected chi connectivity index (χ0v) is 24.9. The molecule has 2 heterocycles. The van der Waals surface area contributed by atoms with Crippen LogP contribution in [-0.4, -0.2) is 65.6 Å². The molecule has 0 aliphatic rings. The lowest BCUT2D eigenvalue weighted by Gasteiger charge is -2.23. The van der Waals surface area contributed by atoms with Gasteiger partial charge < -0.3 is 28.0 Å². The van der Waals surface area contributed by atoms with Gasteiger partial charge in [0.05, 0.1) is 57.8 Å². The quantitative estimate of drug-likeness (QED) is 0.126. The molecule has 0 spiro atoms. The highest BCUT2D eigenvalue weighted by molar-refractivity contribution is 7.52. The fourth-order valence-corrected chi connectivity index (χ4v) is 5.13. The van der Waals surface area contributed by atoms with Crippen molar-refractivity contribution in [1.82, 2.24) is 24.6 Å². The van der Waals surface area contributed by atoms with Crippen LogP contribution in [0.2, 0.25) is 0 Å².